The first-order valence-electron chi connectivity index (χ1n) is 5.31. The first-order chi connectivity index (χ1) is 9.12. The van der Waals surface area contributed by atoms with E-state index in [-0.39, 0.29) is 0 Å². The van der Waals surface area contributed by atoms with Crippen LogP contribution in [0, 0.1) is 0 Å². The molecule has 0 aliphatic heterocycles. The zero-order chi connectivity index (χ0) is 13.8. The Balaban J connectivity index is 2.35. The summed E-state index contributed by atoms with van der Waals surface area (Å²) in [7, 11) is 1.59. The molecule has 1 heterocycles. The van der Waals surface area contributed by atoms with Crippen molar-refractivity contribution in [2.45, 2.75) is 5.16 Å². The average Bonchev–Trinajstić information content (AvgIpc) is 2.38. The van der Waals surface area contributed by atoms with Gasteiger partial charge in [0.05, 0.1) is 12.8 Å². The van der Waals surface area contributed by atoms with Crippen LogP contribution in [0.5, 0.6) is 5.75 Å². The van der Waals surface area contributed by atoms with Gasteiger partial charge in [-0.05, 0) is 24.5 Å². The van der Waals surface area contributed by atoms with Crippen LogP contribution in [0.1, 0.15) is 0 Å². The third-order valence-corrected chi connectivity index (χ3v) is 3.26. The van der Waals surface area contributed by atoms with Gasteiger partial charge in [0, 0.05) is 11.1 Å². The van der Waals surface area contributed by atoms with Gasteiger partial charge in [-0.1, -0.05) is 35.0 Å². The number of thioether (sulfide) groups is 1. The van der Waals surface area contributed by atoms with Crippen LogP contribution in [0.25, 0.3) is 0 Å². The highest BCUT2D eigenvalue weighted by Gasteiger charge is 2.07. The molecule has 0 aliphatic rings. The smallest absolute Gasteiger partial charge is 0.190 e. The molecule has 2 rings (SSSR count). The fourth-order valence-corrected chi connectivity index (χ4v) is 2.25. The van der Waals surface area contributed by atoms with Crippen molar-refractivity contribution in [3.8, 4) is 5.75 Å². The Hall–Kier alpha value is -1.17. The number of rotatable bonds is 4. The Bertz CT molecular complexity index is 595. The summed E-state index contributed by atoms with van der Waals surface area (Å²) in [5.41, 5.74) is 0.719. The Morgan fingerprint density at radius 2 is 2.00 bits per heavy atom. The number of aromatic nitrogens is 2. The highest BCUT2D eigenvalue weighted by Crippen LogP contribution is 2.30. The van der Waals surface area contributed by atoms with Gasteiger partial charge < -0.3 is 10.1 Å². The van der Waals surface area contributed by atoms with Gasteiger partial charge in [-0.3, -0.25) is 0 Å². The summed E-state index contributed by atoms with van der Waals surface area (Å²) in [5.74, 6) is 1.26. The molecule has 19 heavy (non-hydrogen) atoms. The quantitative estimate of drug-likeness (QED) is 0.519. The highest BCUT2D eigenvalue weighted by molar-refractivity contribution is 7.98. The maximum atomic E-state index is 5.97. The van der Waals surface area contributed by atoms with Crippen molar-refractivity contribution < 1.29 is 4.74 Å². The van der Waals surface area contributed by atoms with Gasteiger partial charge in [0.15, 0.2) is 5.16 Å². The van der Waals surface area contributed by atoms with Crippen molar-refractivity contribution in [3.05, 3.63) is 34.4 Å². The predicted molar refractivity (Wildman–Crippen MR) is 80.1 cm³/mol. The monoisotopic (exact) mass is 315 g/mol. The van der Waals surface area contributed by atoms with E-state index in [1.807, 2.05) is 6.26 Å². The Morgan fingerprint density at radius 3 is 2.68 bits per heavy atom. The summed E-state index contributed by atoms with van der Waals surface area (Å²) >= 11 is 13.3. The van der Waals surface area contributed by atoms with Gasteiger partial charge >= 0.3 is 0 Å². The van der Waals surface area contributed by atoms with E-state index in [1.54, 1.807) is 31.4 Å². The normalized spacial score (nSPS) is 10.3. The van der Waals surface area contributed by atoms with Crippen LogP contribution in [0.15, 0.2) is 29.4 Å². The third kappa shape index (κ3) is 3.65. The van der Waals surface area contributed by atoms with Crippen molar-refractivity contribution in [1.82, 2.24) is 9.97 Å². The van der Waals surface area contributed by atoms with E-state index in [9.17, 15) is 0 Å². The summed E-state index contributed by atoms with van der Waals surface area (Å²) < 4.78 is 5.26. The minimum absolute atomic E-state index is 0.378. The van der Waals surface area contributed by atoms with Gasteiger partial charge in [0.1, 0.15) is 16.7 Å². The first-order valence-corrected chi connectivity index (χ1v) is 7.29. The molecule has 0 saturated carbocycles. The predicted octanol–water partition coefficient (Wildman–Crippen LogP) is 4.26. The van der Waals surface area contributed by atoms with E-state index in [1.165, 1.54) is 11.8 Å². The van der Waals surface area contributed by atoms with Crippen LogP contribution in [-0.2, 0) is 0 Å². The number of benzene rings is 1. The second kappa shape index (κ2) is 6.32. The molecule has 0 unspecified atom stereocenters. The minimum Gasteiger partial charge on any atom is -0.495 e. The lowest BCUT2D eigenvalue weighted by atomic mass is 10.3. The van der Waals surface area contributed by atoms with Gasteiger partial charge in [-0.2, -0.15) is 0 Å². The number of ether oxygens (including phenoxy) is 1. The van der Waals surface area contributed by atoms with Crippen LogP contribution >= 0.6 is 35.0 Å². The second-order valence-corrected chi connectivity index (χ2v) is 5.13. The molecule has 0 aliphatic carbocycles. The van der Waals surface area contributed by atoms with Crippen LogP contribution in [0.3, 0.4) is 0 Å². The zero-order valence-corrected chi connectivity index (χ0v) is 12.6. The molecule has 1 aromatic heterocycles. The lowest BCUT2D eigenvalue weighted by molar-refractivity contribution is 0.417. The maximum absolute atomic E-state index is 5.97. The number of anilines is 2. The average molecular weight is 316 g/mol. The van der Waals surface area contributed by atoms with Crippen LogP contribution in [0.4, 0.5) is 11.5 Å². The van der Waals surface area contributed by atoms with Gasteiger partial charge in [0.2, 0.25) is 0 Å². The van der Waals surface area contributed by atoms with Gasteiger partial charge in [0.25, 0.3) is 0 Å². The van der Waals surface area contributed by atoms with Crippen molar-refractivity contribution in [2.75, 3.05) is 18.7 Å². The molecular weight excluding hydrogens is 305 g/mol. The summed E-state index contributed by atoms with van der Waals surface area (Å²) in [5, 5.41) is 4.70. The molecule has 100 valence electrons. The topological polar surface area (TPSA) is 47.0 Å². The van der Waals surface area contributed by atoms with E-state index in [4.69, 9.17) is 27.9 Å². The van der Waals surface area contributed by atoms with E-state index in [2.05, 4.69) is 15.3 Å². The molecule has 0 spiro atoms. The molecule has 0 saturated heterocycles. The Kier molecular flexibility index (Phi) is 4.74. The first kappa shape index (κ1) is 14.2. The van der Waals surface area contributed by atoms with Crippen LogP contribution < -0.4 is 10.1 Å². The molecule has 0 bridgehead atoms. The van der Waals surface area contributed by atoms with Gasteiger partial charge in [-0.15, -0.1) is 0 Å². The summed E-state index contributed by atoms with van der Waals surface area (Å²) in [4.78, 5) is 8.38. The summed E-state index contributed by atoms with van der Waals surface area (Å²) in [6.07, 6.45) is 1.88. The number of nitrogens with one attached hydrogen (secondary N) is 1. The van der Waals surface area contributed by atoms with Crippen molar-refractivity contribution in [3.63, 3.8) is 0 Å². The van der Waals surface area contributed by atoms with E-state index in [0.29, 0.717) is 26.9 Å². The number of hydrogen-bond donors (Lipinski definition) is 1. The molecule has 4 nitrogen and oxygen atoms in total. The molecule has 0 atom stereocenters. The number of nitrogens with zero attached hydrogens (tertiary/aromatic N) is 2. The Labute approximate surface area is 125 Å². The van der Waals surface area contributed by atoms with Crippen molar-refractivity contribution in [2.24, 2.45) is 0 Å². The Morgan fingerprint density at radius 1 is 1.21 bits per heavy atom. The molecule has 0 radical (unpaired) electrons. The summed E-state index contributed by atoms with van der Waals surface area (Å²) in [6.45, 7) is 0. The number of halogens is 2. The highest BCUT2D eigenvalue weighted by atomic mass is 35.5. The van der Waals surface area contributed by atoms with Gasteiger partial charge in [-0.25, -0.2) is 9.97 Å². The van der Waals surface area contributed by atoms with Crippen LogP contribution in [0.2, 0.25) is 10.2 Å². The lowest BCUT2D eigenvalue weighted by Gasteiger charge is -2.11. The van der Waals surface area contributed by atoms with Crippen molar-refractivity contribution >= 4 is 46.5 Å². The molecule has 1 N–H and O–H groups in total. The van der Waals surface area contributed by atoms with Crippen molar-refractivity contribution in [1.29, 1.82) is 0 Å². The molecule has 7 heteroatoms. The molecule has 1 aromatic carbocycles. The number of methoxy groups -OCH3 is 1. The third-order valence-electron chi connectivity index (χ3n) is 2.28. The fraction of sp³-hybridized carbons (Fsp3) is 0.167. The minimum atomic E-state index is 0.378. The fourth-order valence-electron chi connectivity index (χ4n) is 1.47. The number of hydrogen-bond acceptors (Lipinski definition) is 5. The summed E-state index contributed by atoms with van der Waals surface area (Å²) in [6, 6.07) is 6.94. The lowest BCUT2D eigenvalue weighted by Crippen LogP contribution is -1.98. The zero-order valence-electron chi connectivity index (χ0n) is 10.3. The van der Waals surface area contributed by atoms with E-state index in [0.717, 1.165) is 5.69 Å². The maximum Gasteiger partial charge on any atom is 0.190 e. The SMILES string of the molecule is COc1ccc(Cl)cc1Nc1cc(Cl)nc(SC)n1. The molecule has 2 aromatic rings. The van der Waals surface area contributed by atoms with Crippen LogP contribution in [-0.4, -0.2) is 23.3 Å². The second-order valence-electron chi connectivity index (χ2n) is 3.53. The molecular formula is C12H11Cl2N3OS. The molecule has 0 fully saturated rings. The standard InChI is InChI=1S/C12H11Cl2N3OS/c1-18-9-4-3-7(13)5-8(9)15-11-6-10(14)16-12(17-11)19-2/h3-6H,1-2H3,(H,15,16,17). The van der Waals surface area contributed by atoms with E-state index < -0.39 is 0 Å². The largest absolute Gasteiger partial charge is 0.495 e. The molecule has 0 amide bonds. The van der Waals surface area contributed by atoms with E-state index >= 15 is 0 Å².